The topological polar surface area (TPSA) is 59.1 Å². The summed E-state index contributed by atoms with van der Waals surface area (Å²) >= 11 is 1.73. The van der Waals surface area contributed by atoms with Crippen LogP contribution < -0.4 is 4.74 Å². The number of methoxy groups -OCH3 is 1. The number of carbonyl (C=O) groups is 2. The molecular formula is C26H36N2O4S. The normalized spacial score (nSPS) is 16.4. The molecule has 3 rings (SSSR count). The van der Waals surface area contributed by atoms with Gasteiger partial charge in [0.2, 0.25) is 11.8 Å². The molecule has 2 atom stereocenters. The summed E-state index contributed by atoms with van der Waals surface area (Å²) in [6, 6.07) is 10.1. The third-order valence-corrected chi connectivity index (χ3v) is 7.38. The third kappa shape index (κ3) is 6.15. The molecule has 1 aromatic carbocycles. The molecule has 7 heteroatoms. The second kappa shape index (κ2) is 11.7. The van der Waals surface area contributed by atoms with E-state index in [-0.39, 0.29) is 37.0 Å². The quantitative estimate of drug-likeness (QED) is 0.505. The fourth-order valence-corrected chi connectivity index (χ4v) is 5.08. The number of ether oxygens (including phenoxy) is 2. The average molecular weight is 473 g/mol. The third-order valence-electron chi connectivity index (χ3n) is 6.39. The van der Waals surface area contributed by atoms with Crippen molar-refractivity contribution in [2.24, 2.45) is 0 Å². The maximum atomic E-state index is 13.4. The van der Waals surface area contributed by atoms with Gasteiger partial charge in [-0.05, 0) is 60.4 Å². The molecule has 33 heavy (non-hydrogen) atoms. The van der Waals surface area contributed by atoms with Crippen molar-refractivity contribution in [3.05, 3.63) is 51.7 Å². The van der Waals surface area contributed by atoms with E-state index in [1.165, 1.54) is 17.6 Å². The zero-order valence-electron chi connectivity index (χ0n) is 20.4. The van der Waals surface area contributed by atoms with Crippen molar-refractivity contribution in [1.29, 1.82) is 0 Å². The first-order valence-corrected chi connectivity index (χ1v) is 12.6. The molecule has 0 saturated heterocycles. The number of rotatable bonds is 10. The van der Waals surface area contributed by atoms with Gasteiger partial charge >= 0.3 is 0 Å². The highest BCUT2D eigenvalue weighted by Gasteiger charge is 2.34. The molecule has 180 valence electrons. The number of hydrogen-bond acceptors (Lipinski definition) is 5. The van der Waals surface area contributed by atoms with Gasteiger partial charge in [0.25, 0.3) is 0 Å². The van der Waals surface area contributed by atoms with Crippen LogP contribution in [0.3, 0.4) is 0 Å². The van der Waals surface area contributed by atoms with E-state index >= 15 is 0 Å². The molecule has 1 aromatic heterocycles. The van der Waals surface area contributed by atoms with E-state index in [4.69, 9.17) is 9.47 Å². The summed E-state index contributed by atoms with van der Waals surface area (Å²) < 4.78 is 11.2. The lowest BCUT2D eigenvalue weighted by molar-refractivity contribution is -0.146. The monoisotopic (exact) mass is 472 g/mol. The maximum Gasteiger partial charge on any atom is 0.249 e. The highest BCUT2D eigenvalue weighted by molar-refractivity contribution is 7.10. The maximum absolute atomic E-state index is 13.4. The van der Waals surface area contributed by atoms with Crippen molar-refractivity contribution in [2.45, 2.75) is 58.5 Å². The number of carbonyl (C=O) groups excluding carboxylic acids is 2. The number of amides is 2. The van der Waals surface area contributed by atoms with Gasteiger partial charge in [0.1, 0.15) is 25.5 Å². The summed E-state index contributed by atoms with van der Waals surface area (Å²) in [5.74, 6) is 1.05. The van der Waals surface area contributed by atoms with Crippen LogP contribution in [0.5, 0.6) is 5.75 Å². The first kappa shape index (κ1) is 25.2. The summed E-state index contributed by atoms with van der Waals surface area (Å²) in [5, 5.41) is 2.08. The summed E-state index contributed by atoms with van der Waals surface area (Å²) in [6.45, 7) is 9.35. The van der Waals surface area contributed by atoms with Gasteiger partial charge in [-0.3, -0.25) is 9.59 Å². The Morgan fingerprint density at radius 2 is 1.91 bits per heavy atom. The smallest absolute Gasteiger partial charge is 0.249 e. The highest BCUT2D eigenvalue weighted by Crippen LogP contribution is 2.34. The van der Waals surface area contributed by atoms with Crippen LogP contribution in [0.15, 0.2) is 35.7 Å². The molecule has 0 N–H and O–H groups in total. The lowest BCUT2D eigenvalue weighted by Gasteiger charge is -2.38. The molecule has 0 saturated carbocycles. The molecule has 6 nitrogen and oxygen atoms in total. The fourth-order valence-electron chi connectivity index (χ4n) is 4.15. The minimum Gasteiger partial charge on any atom is -0.491 e. The van der Waals surface area contributed by atoms with Gasteiger partial charge in [-0.25, -0.2) is 0 Å². The second-order valence-electron chi connectivity index (χ2n) is 8.90. The molecule has 1 aliphatic rings. The van der Waals surface area contributed by atoms with E-state index in [0.29, 0.717) is 19.1 Å². The Balaban J connectivity index is 1.76. The van der Waals surface area contributed by atoms with Gasteiger partial charge in [0.15, 0.2) is 0 Å². The number of nitrogens with zero attached hydrogens (tertiary/aromatic N) is 2. The van der Waals surface area contributed by atoms with Crippen molar-refractivity contribution in [2.75, 3.05) is 33.4 Å². The average Bonchev–Trinajstić information content (AvgIpc) is 3.29. The summed E-state index contributed by atoms with van der Waals surface area (Å²) in [6.07, 6.45) is 1.60. The largest absolute Gasteiger partial charge is 0.491 e. The minimum atomic E-state index is -0.173. The minimum absolute atomic E-state index is 0.0226. The molecular weight excluding hydrogens is 436 g/mol. The molecule has 0 radical (unpaired) electrons. The number of benzene rings is 1. The zero-order chi connectivity index (χ0) is 24.0. The van der Waals surface area contributed by atoms with E-state index in [9.17, 15) is 9.59 Å². The van der Waals surface area contributed by atoms with Gasteiger partial charge in [-0.1, -0.05) is 32.9 Å². The van der Waals surface area contributed by atoms with Crippen LogP contribution in [0.4, 0.5) is 0 Å². The summed E-state index contributed by atoms with van der Waals surface area (Å²) in [5.41, 5.74) is 2.42. The molecule has 2 heterocycles. The Kier molecular flexibility index (Phi) is 8.92. The first-order chi connectivity index (χ1) is 15.8. The van der Waals surface area contributed by atoms with Crippen LogP contribution in [0.2, 0.25) is 0 Å². The van der Waals surface area contributed by atoms with Crippen LogP contribution in [0, 0.1) is 0 Å². The standard InChI is InChI=1S/C26H36N2O4S/c1-6-19(4)28(26(30)17-31-5)15-25(29)27-13-11-24-22(12-14-33-24)23(27)16-32-21-9-7-20(8-10-21)18(2)3/h7-10,12,14,18-19,23H,6,11,13,15-17H2,1-5H3/t19-,23+/m0/s1. The van der Waals surface area contributed by atoms with Crippen LogP contribution in [0.25, 0.3) is 0 Å². The predicted molar refractivity (Wildman–Crippen MR) is 132 cm³/mol. The number of hydrogen-bond donors (Lipinski definition) is 0. The van der Waals surface area contributed by atoms with Crippen molar-refractivity contribution < 1.29 is 19.1 Å². The Labute approximate surface area is 201 Å². The van der Waals surface area contributed by atoms with Crippen LogP contribution in [-0.4, -0.2) is 61.1 Å². The molecule has 0 aliphatic carbocycles. The number of thiophene rings is 1. The zero-order valence-corrected chi connectivity index (χ0v) is 21.2. The molecule has 0 bridgehead atoms. The van der Waals surface area contributed by atoms with Gasteiger partial charge in [0, 0.05) is 24.6 Å². The predicted octanol–water partition coefficient (Wildman–Crippen LogP) is 4.65. The van der Waals surface area contributed by atoms with E-state index in [1.54, 1.807) is 16.2 Å². The Hall–Kier alpha value is -2.38. The van der Waals surface area contributed by atoms with E-state index in [2.05, 4.69) is 37.4 Å². The van der Waals surface area contributed by atoms with Gasteiger partial charge < -0.3 is 19.3 Å². The van der Waals surface area contributed by atoms with Gasteiger partial charge in [0.05, 0.1) is 6.04 Å². The number of fused-ring (bicyclic) bond motifs is 1. The first-order valence-electron chi connectivity index (χ1n) is 11.7. The lowest BCUT2D eigenvalue weighted by atomic mass is 10.00. The highest BCUT2D eigenvalue weighted by atomic mass is 32.1. The van der Waals surface area contributed by atoms with Crippen molar-refractivity contribution in [3.8, 4) is 5.75 Å². The molecule has 1 aliphatic heterocycles. The van der Waals surface area contributed by atoms with Crippen molar-refractivity contribution in [1.82, 2.24) is 9.80 Å². The molecule has 2 aromatic rings. The van der Waals surface area contributed by atoms with E-state index < -0.39 is 0 Å². The van der Waals surface area contributed by atoms with E-state index in [1.807, 2.05) is 30.9 Å². The Bertz CT molecular complexity index is 925. The van der Waals surface area contributed by atoms with Gasteiger partial charge in [-0.2, -0.15) is 0 Å². The molecule has 0 fully saturated rings. The summed E-state index contributed by atoms with van der Waals surface area (Å²) in [7, 11) is 1.50. The molecule has 0 unspecified atom stereocenters. The summed E-state index contributed by atoms with van der Waals surface area (Å²) in [4.78, 5) is 30.9. The molecule has 0 spiro atoms. The van der Waals surface area contributed by atoms with Crippen LogP contribution in [0.1, 0.15) is 62.1 Å². The van der Waals surface area contributed by atoms with Crippen molar-refractivity contribution in [3.63, 3.8) is 0 Å². The van der Waals surface area contributed by atoms with Crippen molar-refractivity contribution >= 4 is 23.2 Å². The second-order valence-corrected chi connectivity index (χ2v) is 9.90. The van der Waals surface area contributed by atoms with Crippen LogP contribution in [-0.2, 0) is 20.7 Å². The van der Waals surface area contributed by atoms with E-state index in [0.717, 1.165) is 24.2 Å². The van der Waals surface area contributed by atoms with Crippen LogP contribution >= 0.6 is 11.3 Å². The fraction of sp³-hybridized carbons (Fsp3) is 0.538. The Morgan fingerprint density at radius 3 is 2.55 bits per heavy atom. The lowest BCUT2D eigenvalue weighted by Crippen LogP contribution is -2.50. The molecule has 2 amide bonds. The Morgan fingerprint density at radius 1 is 1.18 bits per heavy atom. The SMILES string of the molecule is CC[C@H](C)N(CC(=O)N1CCc2sccc2[C@H]1COc1ccc(C(C)C)cc1)C(=O)COC. The van der Waals surface area contributed by atoms with Gasteiger partial charge in [-0.15, -0.1) is 11.3 Å².